The van der Waals surface area contributed by atoms with E-state index < -0.39 is 0 Å². The molecule has 110 valence electrons. The number of aromatic nitrogens is 2. The molecule has 0 amide bonds. The SMILES string of the molecule is COCC1CCN(c2nc(C3CC3)nc(NN)c2C)C1. The average Bonchev–Trinajstić information content (AvgIpc) is 3.20. The largest absolute Gasteiger partial charge is 0.384 e. The summed E-state index contributed by atoms with van der Waals surface area (Å²) >= 11 is 0. The van der Waals surface area contributed by atoms with Crippen LogP contribution in [0.3, 0.4) is 0 Å². The van der Waals surface area contributed by atoms with E-state index in [-0.39, 0.29) is 0 Å². The Morgan fingerprint density at radius 3 is 2.80 bits per heavy atom. The van der Waals surface area contributed by atoms with Crippen molar-refractivity contribution in [1.82, 2.24) is 9.97 Å². The highest BCUT2D eigenvalue weighted by Crippen LogP contribution is 2.40. The van der Waals surface area contributed by atoms with Crippen molar-refractivity contribution in [2.75, 3.05) is 37.1 Å². The summed E-state index contributed by atoms with van der Waals surface area (Å²) in [6.45, 7) is 4.88. The molecular formula is C14H23N5O. The molecule has 1 unspecified atom stereocenters. The van der Waals surface area contributed by atoms with Crippen molar-refractivity contribution in [3.63, 3.8) is 0 Å². The number of nitrogen functional groups attached to an aromatic ring is 1. The molecule has 3 N–H and O–H groups in total. The Kier molecular flexibility index (Phi) is 3.76. The van der Waals surface area contributed by atoms with Gasteiger partial charge >= 0.3 is 0 Å². The van der Waals surface area contributed by atoms with Gasteiger partial charge in [-0.1, -0.05) is 0 Å². The van der Waals surface area contributed by atoms with E-state index in [2.05, 4.69) is 15.3 Å². The Balaban J connectivity index is 1.86. The molecule has 1 saturated carbocycles. The first-order chi connectivity index (χ1) is 9.72. The quantitative estimate of drug-likeness (QED) is 0.626. The molecule has 1 saturated heterocycles. The zero-order chi connectivity index (χ0) is 14.1. The third-order valence-corrected chi connectivity index (χ3v) is 4.20. The van der Waals surface area contributed by atoms with E-state index in [0.717, 1.165) is 49.1 Å². The lowest BCUT2D eigenvalue weighted by Gasteiger charge is -2.21. The van der Waals surface area contributed by atoms with E-state index in [0.29, 0.717) is 11.8 Å². The zero-order valence-corrected chi connectivity index (χ0v) is 12.2. The van der Waals surface area contributed by atoms with Crippen LogP contribution < -0.4 is 16.2 Å². The summed E-state index contributed by atoms with van der Waals surface area (Å²) in [6.07, 6.45) is 3.54. The fraction of sp³-hybridized carbons (Fsp3) is 0.714. The van der Waals surface area contributed by atoms with Gasteiger partial charge in [-0.15, -0.1) is 0 Å². The van der Waals surface area contributed by atoms with Gasteiger partial charge in [-0.25, -0.2) is 15.8 Å². The van der Waals surface area contributed by atoms with Crippen LogP contribution in [0.5, 0.6) is 0 Å². The predicted octanol–water partition coefficient (Wildman–Crippen LogP) is 1.42. The molecule has 0 spiro atoms. The van der Waals surface area contributed by atoms with Gasteiger partial charge in [0.2, 0.25) is 0 Å². The maximum atomic E-state index is 5.60. The second-order valence-corrected chi connectivity index (χ2v) is 5.85. The second kappa shape index (κ2) is 5.54. The molecular weight excluding hydrogens is 254 g/mol. The normalized spacial score (nSPS) is 22.4. The lowest BCUT2D eigenvalue weighted by atomic mass is 10.1. The van der Waals surface area contributed by atoms with Crippen LogP contribution in [-0.2, 0) is 4.74 Å². The Bertz CT molecular complexity index is 489. The first kappa shape index (κ1) is 13.6. The van der Waals surface area contributed by atoms with Gasteiger partial charge < -0.3 is 15.1 Å². The molecule has 3 rings (SSSR count). The van der Waals surface area contributed by atoms with E-state index >= 15 is 0 Å². The van der Waals surface area contributed by atoms with Crippen LogP contribution in [0.1, 0.15) is 36.6 Å². The number of rotatable bonds is 5. The van der Waals surface area contributed by atoms with Gasteiger partial charge in [-0.05, 0) is 26.2 Å². The highest BCUT2D eigenvalue weighted by Gasteiger charge is 2.31. The summed E-state index contributed by atoms with van der Waals surface area (Å²) in [6, 6.07) is 0. The topological polar surface area (TPSA) is 76.3 Å². The molecule has 2 fully saturated rings. The van der Waals surface area contributed by atoms with E-state index in [4.69, 9.17) is 15.6 Å². The van der Waals surface area contributed by atoms with Gasteiger partial charge in [0, 0.05) is 37.6 Å². The number of methoxy groups -OCH3 is 1. The fourth-order valence-electron chi connectivity index (χ4n) is 2.89. The molecule has 1 aliphatic heterocycles. The second-order valence-electron chi connectivity index (χ2n) is 5.85. The van der Waals surface area contributed by atoms with Crippen molar-refractivity contribution >= 4 is 11.6 Å². The number of nitrogens with two attached hydrogens (primary N) is 1. The third-order valence-electron chi connectivity index (χ3n) is 4.20. The molecule has 6 heteroatoms. The van der Waals surface area contributed by atoms with Crippen molar-refractivity contribution in [2.24, 2.45) is 11.8 Å². The number of ether oxygens (including phenoxy) is 1. The van der Waals surface area contributed by atoms with Crippen molar-refractivity contribution in [2.45, 2.75) is 32.1 Å². The van der Waals surface area contributed by atoms with Gasteiger partial charge in [-0.3, -0.25) is 0 Å². The average molecular weight is 277 g/mol. The minimum Gasteiger partial charge on any atom is -0.384 e. The summed E-state index contributed by atoms with van der Waals surface area (Å²) in [5, 5.41) is 0. The predicted molar refractivity (Wildman–Crippen MR) is 78.8 cm³/mol. The number of hydrazine groups is 1. The van der Waals surface area contributed by atoms with Crippen LogP contribution in [0.4, 0.5) is 11.6 Å². The molecule has 0 radical (unpaired) electrons. The molecule has 6 nitrogen and oxygen atoms in total. The van der Waals surface area contributed by atoms with E-state index in [1.165, 1.54) is 12.8 Å². The lowest BCUT2D eigenvalue weighted by Crippen LogP contribution is -2.25. The van der Waals surface area contributed by atoms with Gasteiger partial charge in [0.25, 0.3) is 0 Å². The maximum Gasteiger partial charge on any atom is 0.148 e. The summed E-state index contributed by atoms with van der Waals surface area (Å²) in [5.41, 5.74) is 3.75. The lowest BCUT2D eigenvalue weighted by molar-refractivity contribution is 0.161. The highest BCUT2D eigenvalue weighted by atomic mass is 16.5. The standard InChI is InChI=1S/C14H23N5O/c1-9-12(18-15)16-13(11-3-4-11)17-14(9)19-6-5-10(7-19)8-20-2/h10-11H,3-8,15H2,1-2H3,(H,16,17,18). The molecule has 0 bridgehead atoms. The minimum atomic E-state index is 0.527. The fourth-order valence-corrected chi connectivity index (χ4v) is 2.89. The smallest absolute Gasteiger partial charge is 0.148 e. The van der Waals surface area contributed by atoms with Crippen molar-refractivity contribution in [3.8, 4) is 0 Å². The number of hydrogen-bond acceptors (Lipinski definition) is 6. The van der Waals surface area contributed by atoms with Crippen LogP contribution in [0, 0.1) is 12.8 Å². The van der Waals surface area contributed by atoms with Crippen LogP contribution in [-0.4, -0.2) is 36.8 Å². The zero-order valence-electron chi connectivity index (χ0n) is 12.2. The minimum absolute atomic E-state index is 0.527. The van der Waals surface area contributed by atoms with Crippen LogP contribution >= 0.6 is 0 Å². The maximum absolute atomic E-state index is 5.60. The number of nitrogens with zero attached hydrogens (tertiary/aromatic N) is 3. The first-order valence-corrected chi connectivity index (χ1v) is 7.32. The molecule has 1 aromatic rings. The first-order valence-electron chi connectivity index (χ1n) is 7.32. The Morgan fingerprint density at radius 2 is 2.15 bits per heavy atom. The monoisotopic (exact) mass is 277 g/mol. The van der Waals surface area contributed by atoms with Crippen LogP contribution in [0.25, 0.3) is 0 Å². The Morgan fingerprint density at radius 1 is 1.35 bits per heavy atom. The van der Waals surface area contributed by atoms with Crippen LogP contribution in [0.2, 0.25) is 0 Å². The molecule has 1 aliphatic carbocycles. The van der Waals surface area contributed by atoms with Gasteiger partial charge in [0.1, 0.15) is 17.5 Å². The van der Waals surface area contributed by atoms with Gasteiger partial charge in [-0.2, -0.15) is 0 Å². The highest BCUT2D eigenvalue weighted by molar-refractivity contribution is 5.59. The Hall–Kier alpha value is -1.40. The van der Waals surface area contributed by atoms with Crippen molar-refractivity contribution in [1.29, 1.82) is 0 Å². The molecule has 1 aromatic heterocycles. The number of anilines is 2. The van der Waals surface area contributed by atoms with Gasteiger partial charge in [0.05, 0.1) is 6.61 Å². The van der Waals surface area contributed by atoms with E-state index in [1.54, 1.807) is 7.11 Å². The van der Waals surface area contributed by atoms with Crippen molar-refractivity contribution < 1.29 is 4.74 Å². The molecule has 2 aliphatic rings. The number of hydrogen-bond donors (Lipinski definition) is 2. The Labute approximate surface area is 119 Å². The summed E-state index contributed by atoms with van der Waals surface area (Å²) < 4.78 is 5.27. The summed E-state index contributed by atoms with van der Waals surface area (Å²) in [5.74, 6) is 9.45. The summed E-state index contributed by atoms with van der Waals surface area (Å²) in [4.78, 5) is 11.7. The number of nitrogens with one attached hydrogen (secondary N) is 1. The van der Waals surface area contributed by atoms with Gasteiger partial charge in [0.15, 0.2) is 0 Å². The molecule has 0 aromatic carbocycles. The van der Waals surface area contributed by atoms with E-state index in [9.17, 15) is 0 Å². The molecule has 20 heavy (non-hydrogen) atoms. The summed E-state index contributed by atoms with van der Waals surface area (Å²) in [7, 11) is 1.76. The third kappa shape index (κ3) is 2.58. The van der Waals surface area contributed by atoms with E-state index in [1.807, 2.05) is 6.92 Å². The molecule has 1 atom stereocenters. The molecule has 2 heterocycles. The van der Waals surface area contributed by atoms with Crippen LogP contribution in [0.15, 0.2) is 0 Å². The van der Waals surface area contributed by atoms with Crippen molar-refractivity contribution in [3.05, 3.63) is 11.4 Å².